The van der Waals surface area contributed by atoms with Gasteiger partial charge in [0.05, 0.1) is 0 Å². The van der Waals surface area contributed by atoms with Crippen LogP contribution in [0, 0.1) is 0 Å². The lowest BCUT2D eigenvalue weighted by molar-refractivity contribution is 0.497. The Kier molecular flexibility index (Phi) is 7.48. The molecule has 1 heterocycles. The molecule has 1 saturated heterocycles. The number of nitrogens with one attached hydrogen (secondary N) is 1. The summed E-state index contributed by atoms with van der Waals surface area (Å²) >= 11 is 4.36. The van der Waals surface area contributed by atoms with Crippen LogP contribution in [-0.2, 0) is 6.42 Å². The van der Waals surface area contributed by atoms with Crippen molar-refractivity contribution in [2.24, 2.45) is 0 Å². The predicted octanol–water partition coefficient (Wildman–Crippen LogP) is 4.92. The summed E-state index contributed by atoms with van der Waals surface area (Å²) in [5.74, 6) is 2.61. The van der Waals surface area contributed by atoms with Crippen LogP contribution in [0.3, 0.4) is 0 Å². The van der Waals surface area contributed by atoms with E-state index in [9.17, 15) is 0 Å². The topological polar surface area (TPSA) is 12.0 Å². The lowest BCUT2D eigenvalue weighted by Crippen LogP contribution is -2.39. The third-order valence-corrected chi connectivity index (χ3v) is 7.51. The van der Waals surface area contributed by atoms with Gasteiger partial charge in [-0.25, -0.2) is 0 Å². The first-order valence-corrected chi connectivity index (χ1v) is 10.4. The van der Waals surface area contributed by atoms with Gasteiger partial charge in [-0.05, 0) is 36.9 Å². The van der Waals surface area contributed by atoms with Gasteiger partial charge in [0, 0.05) is 28.0 Å². The molecule has 3 atom stereocenters. The molecule has 1 aromatic carbocycles. The molecule has 0 amide bonds. The van der Waals surface area contributed by atoms with E-state index < -0.39 is 0 Å². The number of thioether (sulfide) groups is 2. The van der Waals surface area contributed by atoms with Gasteiger partial charge >= 0.3 is 0 Å². The van der Waals surface area contributed by atoms with E-state index >= 15 is 0 Å². The molecule has 0 saturated carbocycles. The molecule has 1 nitrogen and oxygen atoms in total. The minimum atomic E-state index is 0.499. The lowest BCUT2D eigenvalue weighted by atomic mass is 9.97. The third-order valence-electron chi connectivity index (χ3n) is 4.16. The first-order valence-electron chi connectivity index (χ1n) is 8.35. The smallest absolute Gasteiger partial charge is 0.0451 e. The van der Waals surface area contributed by atoms with Crippen molar-refractivity contribution in [1.29, 1.82) is 0 Å². The summed E-state index contributed by atoms with van der Waals surface area (Å²) in [5.41, 5.74) is 2.94. The van der Waals surface area contributed by atoms with Gasteiger partial charge in [-0.3, -0.25) is 0 Å². The van der Waals surface area contributed by atoms with Crippen LogP contribution in [0.5, 0.6) is 0 Å². The second-order valence-electron chi connectivity index (χ2n) is 5.68. The zero-order valence-electron chi connectivity index (χ0n) is 13.6. The van der Waals surface area contributed by atoms with Crippen molar-refractivity contribution in [1.82, 2.24) is 5.32 Å². The highest BCUT2D eigenvalue weighted by atomic mass is 32.2. The maximum atomic E-state index is 3.84. The van der Waals surface area contributed by atoms with Gasteiger partial charge in [0.2, 0.25) is 0 Å². The molecular formula is C18H29NS2. The van der Waals surface area contributed by atoms with Crippen LogP contribution in [0.2, 0.25) is 0 Å². The lowest BCUT2D eigenvalue weighted by Gasteiger charge is -2.37. The minimum Gasteiger partial charge on any atom is -0.309 e. The van der Waals surface area contributed by atoms with E-state index in [0.29, 0.717) is 11.3 Å². The Bertz CT molecular complexity index is 421. The molecular weight excluding hydrogens is 294 g/mol. The Morgan fingerprint density at radius 2 is 2.00 bits per heavy atom. The molecule has 0 aliphatic carbocycles. The molecule has 1 N–H and O–H groups in total. The quantitative estimate of drug-likeness (QED) is 0.765. The van der Waals surface area contributed by atoms with Gasteiger partial charge in [0.25, 0.3) is 0 Å². The summed E-state index contributed by atoms with van der Waals surface area (Å²) in [7, 11) is 0. The number of rotatable bonds is 7. The third kappa shape index (κ3) is 4.67. The van der Waals surface area contributed by atoms with E-state index in [4.69, 9.17) is 0 Å². The van der Waals surface area contributed by atoms with Crippen molar-refractivity contribution in [2.75, 3.05) is 18.1 Å². The average molecular weight is 324 g/mol. The molecule has 0 spiro atoms. The van der Waals surface area contributed by atoms with Crippen LogP contribution >= 0.6 is 23.5 Å². The Hall–Kier alpha value is -0.120. The largest absolute Gasteiger partial charge is 0.309 e. The highest BCUT2D eigenvalue weighted by molar-refractivity contribution is 8.07. The average Bonchev–Trinajstić information content (AvgIpc) is 2.56. The molecule has 0 aromatic heterocycles. The van der Waals surface area contributed by atoms with Crippen molar-refractivity contribution in [3.63, 3.8) is 0 Å². The van der Waals surface area contributed by atoms with Gasteiger partial charge in [-0.2, -0.15) is 23.5 Å². The monoisotopic (exact) mass is 323 g/mol. The maximum absolute atomic E-state index is 3.84. The summed E-state index contributed by atoms with van der Waals surface area (Å²) in [6.07, 6.45) is 3.60. The maximum Gasteiger partial charge on any atom is 0.0451 e. The Morgan fingerprint density at radius 3 is 2.71 bits per heavy atom. The Balaban J connectivity index is 2.23. The van der Waals surface area contributed by atoms with Crippen LogP contribution in [-0.4, -0.2) is 28.6 Å². The summed E-state index contributed by atoms with van der Waals surface area (Å²) in [5, 5.41) is 5.32. The SMILES string of the molecule is CCCNC(c1cccc(CC)c1)C1SCCSC1CC. The van der Waals surface area contributed by atoms with Crippen molar-refractivity contribution in [3.8, 4) is 0 Å². The van der Waals surface area contributed by atoms with Crippen LogP contribution < -0.4 is 5.32 Å². The number of aryl methyl sites for hydroxylation is 1. The van der Waals surface area contributed by atoms with E-state index in [-0.39, 0.29) is 0 Å². The fraction of sp³-hybridized carbons (Fsp3) is 0.667. The van der Waals surface area contributed by atoms with Crippen molar-refractivity contribution >= 4 is 23.5 Å². The standard InChI is InChI=1S/C18H29NS2/c1-4-10-19-17(15-9-7-8-14(5-2)13-15)18-16(6-3)20-11-12-21-18/h7-9,13,16-19H,4-6,10-12H2,1-3H3. The molecule has 3 unspecified atom stereocenters. The molecule has 1 aromatic rings. The fourth-order valence-electron chi connectivity index (χ4n) is 2.98. The Morgan fingerprint density at radius 1 is 1.19 bits per heavy atom. The molecule has 1 aliphatic heterocycles. The summed E-state index contributed by atoms with van der Waals surface area (Å²) in [6, 6.07) is 9.72. The minimum absolute atomic E-state index is 0.499. The van der Waals surface area contributed by atoms with Gasteiger partial charge in [0.1, 0.15) is 0 Å². The van der Waals surface area contributed by atoms with Crippen molar-refractivity contribution in [3.05, 3.63) is 35.4 Å². The molecule has 2 rings (SSSR count). The molecule has 21 heavy (non-hydrogen) atoms. The number of benzene rings is 1. The van der Waals surface area contributed by atoms with Gasteiger partial charge in [0.15, 0.2) is 0 Å². The molecule has 3 heteroatoms. The molecule has 1 aliphatic rings. The molecule has 0 bridgehead atoms. The van der Waals surface area contributed by atoms with Crippen LogP contribution in [0.1, 0.15) is 50.8 Å². The predicted molar refractivity (Wildman–Crippen MR) is 99.6 cm³/mol. The van der Waals surface area contributed by atoms with E-state index in [1.807, 2.05) is 0 Å². The fourth-order valence-corrected chi connectivity index (χ4v) is 6.23. The second-order valence-corrected chi connectivity index (χ2v) is 8.32. The van der Waals surface area contributed by atoms with E-state index in [2.05, 4.69) is 73.9 Å². The number of hydrogen-bond acceptors (Lipinski definition) is 3. The van der Waals surface area contributed by atoms with Gasteiger partial charge in [-0.1, -0.05) is 45.0 Å². The summed E-state index contributed by atoms with van der Waals surface area (Å²) in [4.78, 5) is 0. The van der Waals surface area contributed by atoms with Crippen molar-refractivity contribution in [2.45, 2.75) is 56.6 Å². The van der Waals surface area contributed by atoms with E-state index in [0.717, 1.165) is 18.2 Å². The zero-order valence-corrected chi connectivity index (χ0v) is 15.2. The summed E-state index contributed by atoms with van der Waals surface area (Å²) in [6.45, 7) is 7.95. The van der Waals surface area contributed by atoms with Gasteiger partial charge < -0.3 is 5.32 Å². The van der Waals surface area contributed by atoms with Crippen LogP contribution in [0.15, 0.2) is 24.3 Å². The number of hydrogen-bond donors (Lipinski definition) is 1. The highest BCUT2D eigenvalue weighted by Gasteiger charge is 2.32. The Labute approximate surface area is 139 Å². The normalized spacial score (nSPS) is 24.0. The van der Waals surface area contributed by atoms with Gasteiger partial charge in [-0.15, -0.1) is 0 Å². The molecule has 1 fully saturated rings. The first kappa shape index (κ1) is 17.2. The van der Waals surface area contributed by atoms with E-state index in [1.54, 1.807) is 0 Å². The summed E-state index contributed by atoms with van der Waals surface area (Å²) < 4.78 is 0. The molecule has 0 radical (unpaired) electrons. The van der Waals surface area contributed by atoms with Crippen LogP contribution in [0.4, 0.5) is 0 Å². The van der Waals surface area contributed by atoms with E-state index in [1.165, 1.54) is 35.5 Å². The second kappa shape index (κ2) is 9.12. The zero-order chi connectivity index (χ0) is 15.1. The molecule has 118 valence electrons. The van der Waals surface area contributed by atoms with Crippen LogP contribution in [0.25, 0.3) is 0 Å². The highest BCUT2D eigenvalue weighted by Crippen LogP contribution is 2.40. The van der Waals surface area contributed by atoms with Crippen molar-refractivity contribution < 1.29 is 0 Å². The first-order chi connectivity index (χ1) is 10.3.